The van der Waals surface area contributed by atoms with Gasteiger partial charge in [-0.1, -0.05) is 0 Å². The SMILES string of the molecule is Nc1nc(CC(=O)N/N=C\c2cc3c(cc2[N+](=O)[O-])OCO3)cs1. The van der Waals surface area contributed by atoms with Crippen molar-refractivity contribution in [2.45, 2.75) is 6.42 Å². The molecule has 0 unspecified atom stereocenters. The van der Waals surface area contributed by atoms with Crippen molar-refractivity contribution in [3.05, 3.63) is 38.9 Å². The molecule has 1 amide bonds. The minimum Gasteiger partial charge on any atom is -0.454 e. The van der Waals surface area contributed by atoms with Crippen LogP contribution in [-0.2, 0) is 11.2 Å². The summed E-state index contributed by atoms with van der Waals surface area (Å²) >= 11 is 1.23. The number of ether oxygens (including phenoxy) is 2. The van der Waals surface area contributed by atoms with Crippen molar-refractivity contribution >= 4 is 34.3 Å². The van der Waals surface area contributed by atoms with Gasteiger partial charge in [-0.3, -0.25) is 14.9 Å². The Morgan fingerprint density at radius 1 is 1.50 bits per heavy atom. The molecule has 0 atom stereocenters. The summed E-state index contributed by atoms with van der Waals surface area (Å²) in [6, 6.07) is 2.68. The molecule has 11 heteroatoms. The van der Waals surface area contributed by atoms with Gasteiger partial charge in [-0.25, -0.2) is 10.4 Å². The maximum absolute atomic E-state index is 11.7. The summed E-state index contributed by atoms with van der Waals surface area (Å²) in [6.07, 6.45) is 1.18. The lowest BCUT2D eigenvalue weighted by Gasteiger charge is -2.01. The van der Waals surface area contributed by atoms with Gasteiger partial charge in [0.05, 0.1) is 34.9 Å². The van der Waals surface area contributed by atoms with E-state index < -0.39 is 10.8 Å². The number of fused-ring (bicyclic) bond motifs is 1. The number of hydrazone groups is 1. The van der Waals surface area contributed by atoms with E-state index in [0.717, 1.165) is 0 Å². The Morgan fingerprint density at radius 2 is 2.25 bits per heavy atom. The first-order valence-electron chi connectivity index (χ1n) is 6.63. The summed E-state index contributed by atoms with van der Waals surface area (Å²) in [5.41, 5.74) is 8.27. The Balaban J connectivity index is 1.70. The van der Waals surface area contributed by atoms with Crippen molar-refractivity contribution in [1.29, 1.82) is 0 Å². The number of nitrogens with two attached hydrogens (primary N) is 1. The zero-order chi connectivity index (χ0) is 17.1. The molecule has 24 heavy (non-hydrogen) atoms. The fourth-order valence-electron chi connectivity index (χ4n) is 1.99. The van der Waals surface area contributed by atoms with Gasteiger partial charge >= 0.3 is 0 Å². The lowest BCUT2D eigenvalue weighted by atomic mass is 10.1. The first-order valence-corrected chi connectivity index (χ1v) is 7.50. The molecule has 3 rings (SSSR count). The predicted molar refractivity (Wildman–Crippen MR) is 85.2 cm³/mol. The number of nitro benzene ring substituents is 1. The van der Waals surface area contributed by atoms with Gasteiger partial charge in [0.15, 0.2) is 16.6 Å². The third-order valence-corrected chi connectivity index (χ3v) is 3.75. The molecule has 0 saturated heterocycles. The number of nitro groups is 1. The molecule has 1 aromatic heterocycles. The van der Waals surface area contributed by atoms with Crippen LogP contribution in [0, 0.1) is 10.1 Å². The number of carbonyl (C=O) groups is 1. The molecule has 1 aliphatic rings. The second-order valence-electron chi connectivity index (χ2n) is 4.67. The van der Waals surface area contributed by atoms with Gasteiger partial charge in [-0.2, -0.15) is 5.10 Å². The predicted octanol–water partition coefficient (Wildman–Crippen LogP) is 1.05. The van der Waals surface area contributed by atoms with E-state index in [9.17, 15) is 14.9 Å². The summed E-state index contributed by atoms with van der Waals surface area (Å²) in [5.74, 6) is 0.260. The molecule has 0 aliphatic carbocycles. The van der Waals surface area contributed by atoms with Crippen molar-refractivity contribution in [2.24, 2.45) is 5.10 Å². The number of hydrogen-bond donors (Lipinski definition) is 2. The van der Waals surface area contributed by atoms with Gasteiger partial charge in [-0.05, 0) is 6.07 Å². The molecule has 1 aliphatic heterocycles. The molecule has 3 N–H and O–H groups in total. The highest BCUT2D eigenvalue weighted by atomic mass is 32.1. The number of anilines is 1. The van der Waals surface area contributed by atoms with Gasteiger partial charge in [0, 0.05) is 5.38 Å². The van der Waals surface area contributed by atoms with E-state index in [1.807, 2.05) is 0 Å². The number of aromatic nitrogens is 1. The first-order chi connectivity index (χ1) is 11.5. The number of hydrogen-bond acceptors (Lipinski definition) is 9. The number of thiazole rings is 1. The van der Waals surface area contributed by atoms with E-state index in [2.05, 4.69) is 15.5 Å². The third-order valence-electron chi connectivity index (χ3n) is 3.02. The zero-order valence-electron chi connectivity index (χ0n) is 12.1. The van der Waals surface area contributed by atoms with Crippen molar-refractivity contribution in [1.82, 2.24) is 10.4 Å². The van der Waals surface area contributed by atoms with Gasteiger partial charge < -0.3 is 15.2 Å². The van der Waals surface area contributed by atoms with Crippen molar-refractivity contribution in [3.8, 4) is 11.5 Å². The second kappa shape index (κ2) is 6.50. The Hall–Kier alpha value is -3.21. The van der Waals surface area contributed by atoms with Gasteiger partial charge in [0.2, 0.25) is 12.7 Å². The average Bonchev–Trinajstić information content (AvgIpc) is 3.14. The van der Waals surface area contributed by atoms with E-state index in [-0.39, 0.29) is 24.5 Å². The lowest BCUT2D eigenvalue weighted by Crippen LogP contribution is -2.20. The normalized spacial score (nSPS) is 12.5. The van der Waals surface area contributed by atoms with Crippen LogP contribution in [0.4, 0.5) is 10.8 Å². The maximum atomic E-state index is 11.7. The molecule has 0 radical (unpaired) electrons. The van der Waals surface area contributed by atoms with Gasteiger partial charge in [0.1, 0.15) is 0 Å². The van der Waals surface area contributed by atoms with Gasteiger partial charge in [-0.15, -0.1) is 11.3 Å². The van der Waals surface area contributed by atoms with Crippen molar-refractivity contribution in [3.63, 3.8) is 0 Å². The second-order valence-corrected chi connectivity index (χ2v) is 5.56. The first kappa shape index (κ1) is 15.7. The van der Waals surface area contributed by atoms with Crippen molar-refractivity contribution in [2.75, 3.05) is 12.5 Å². The number of rotatable bonds is 5. The fourth-order valence-corrected chi connectivity index (χ4v) is 2.55. The van der Waals surface area contributed by atoms with Crippen LogP contribution in [0.3, 0.4) is 0 Å². The number of benzene rings is 1. The fraction of sp³-hybridized carbons (Fsp3) is 0.154. The number of nitrogens with zero attached hydrogens (tertiary/aromatic N) is 3. The highest BCUT2D eigenvalue weighted by Gasteiger charge is 2.22. The van der Waals surface area contributed by atoms with Crippen molar-refractivity contribution < 1.29 is 19.2 Å². The van der Waals surface area contributed by atoms with Crippen LogP contribution in [0.25, 0.3) is 0 Å². The maximum Gasteiger partial charge on any atom is 0.282 e. The molecule has 124 valence electrons. The Morgan fingerprint density at radius 3 is 2.92 bits per heavy atom. The number of nitrogen functional groups attached to an aromatic ring is 1. The highest BCUT2D eigenvalue weighted by Crippen LogP contribution is 2.37. The molecule has 2 heterocycles. The topological polar surface area (TPSA) is 142 Å². The van der Waals surface area contributed by atoms with Crippen LogP contribution in [0.1, 0.15) is 11.3 Å². The Kier molecular flexibility index (Phi) is 4.24. The summed E-state index contributed by atoms with van der Waals surface area (Å²) in [6.45, 7) is 0.000587. The minimum absolute atomic E-state index is 0.000587. The van der Waals surface area contributed by atoms with Crippen LogP contribution in [0.2, 0.25) is 0 Å². The van der Waals surface area contributed by atoms with Crippen LogP contribution >= 0.6 is 11.3 Å². The number of amides is 1. The zero-order valence-corrected chi connectivity index (χ0v) is 12.9. The summed E-state index contributed by atoms with van der Waals surface area (Å²) in [4.78, 5) is 26.2. The third kappa shape index (κ3) is 3.41. The van der Waals surface area contributed by atoms with Gasteiger partial charge in [0.25, 0.3) is 5.69 Å². The average molecular weight is 349 g/mol. The minimum atomic E-state index is -0.566. The Bertz CT molecular complexity index is 834. The molecule has 1 aromatic carbocycles. The molecule has 0 fully saturated rings. The van der Waals surface area contributed by atoms with Crippen LogP contribution in [0.5, 0.6) is 11.5 Å². The van der Waals surface area contributed by atoms with E-state index in [0.29, 0.717) is 22.3 Å². The molecule has 10 nitrogen and oxygen atoms in total. The monoisotopic (exact) mass is 349 g/mol. The van der Waals surface area contributed by atoms with Crippen LogP contribution < -0.4 is 20.6 Å². The van der Waals surface area contributed by atoms with Crippen LogP contribution in [0.15, 0.2) is 22.6 Å². The molecule has 0 saturated carbocycles. The Labute approximate surface area is 139 Å². The smallest absolute Gasteiger partial charge is 0.282 e. The molecule has 2 aromatic rings. The standard InChI is InChI=1S/C13H11N5O5S/c14-13-16-8(5-24-13)2-12(19)17-15-4-7-1-10-11(23-6-22-10)3-9(7)18(20)21/h1,3-5H,2,6H2,(H2,14,16)(H,17,19)/b15-4-. The summed E-state index contributed by atoms with van der Waals surface area (Å²) < 4.78 is 10.3. The lowest BCUT2D eigenvalue weighted by molar-refractivity contribution is -0.385. The van der Waals surface area contributed by atoms with E-state index in [1.54, 1.807) is 5.38 Å². The molecular weight excluding hydrogens is 338 g/mol. The number of carbonyl (C=O) groups excluding carboxylic acids is 1. The molecule has 0 bridgehead atoms. The molecular formula is C13H11N5O5S. The van der Waals surface area contributed by atoms with E-state index in [1.165, 1.54) is 29.7 Å². The number of nitrogens with one attached hydrogen (secondary N) is 1. The van der Waals surface area contributed by atoms with Crippen LogP contribution in [-0.4, -0.2) is 28.8 Å². The van der Waals surface area contributed by atoms with E-state index in [4.69, 9.17) is 15.2 Å². The molecule has 0 spiro atoms. The summed E-state index contributed by atoms with van der Waals surface area (Å²) in [5, 5.41) is 16.9. The largest absolute Gasteiger partial charge is 0.454 e. The summed E-state index contributed by atoms with van der Waals surface area (Å²) in [7, 11) is 0. The quantitative estimate of drug-likeness (QED) is 0.467. The van der Waals surface area contributed by atoms with E-state index >= 15 is 0 Å². The highest BCUT2D eigenvalue weighted by molar-refractivity contribution is 7.13.